The van der Waals surface area contributed by atoms with Crippen molar-refractivity contribution in [1.82, 2.24) is 9.80 Å². The summed E-state index contributed by atoms with van der Waals surface area (Å²) < 4.78 is 10.6. The normalized spacial score (nSPS) is 17.9. The lowest BCUT2D eigenvalue weighted by Crippen LogP contribution is -2.46. The van der Waals surface area contributed by atoms with Crippen molar-refractivity contribution < 1.29 is 14.3 Å². The van der Waals surface area contributed by atoms with E-state index >= 15 is 0 Å². The number of piperazine rings is 1. The van der Waals surface area contributed by atoms with Crippen molar-refractivity contribution in [1.29, 1.82) is 0 Å². The maximum absolute atomic E-state index is 12.5. The summed E-state index contributed by atoms with van der Waals surface area (Å²) in [6.45, 7) is 6.32. The highest BCUT2D eigenvalue weighted by molar-refractivity contribution is 5.49. The Kier molecular flexibility index (Phi) is 7.58. The molecule has 0 bridgehead atoms. The highest BCUT2D eigenvalue weighted by Gasteiger charge is 2.25. The van der Waals surface area contributed by atoms with Crippen molar-refractivity contribution in [3.05, 3.63) is 88.0 Å². The number of rotatable bonds is 7. The average Bonchev–Trinajstić information content (AvgIpc) is 2.94. The zero-order valence-corrected chi connectivity index (χ0v) is 20.9. The van der Waals surface area contributed by atoms with Crippen LogP contribution in [-0.4, -0.2) is 61.3 Å². The first-order chi connectivity index (χ1) is 17.6. The quantitative estimate of drug-likeness (QED) is 0.537. The third-order valence-corrected chi connectivity index (χ3v) is 7.59. The van der Waals surface area contributed by atoms with Gasteiger partial charge in [0.15, 0.2) is 0 Å². The van der Waals surface area contributed by atoms with Crippen molar-refractivity contribution in [3.8, 4) is 11.5 Å². The number of anilines is 1. The van der Waals surface area contributed by atoms with Crippen molar-refractivity contribution in [2.24, 2.45) is 0 Å². The summed E-state index contributed by atoms with van der Waals surface area (Å²) in [5.74, 6) is 1.50. The van der Waals surface area contributed by atoms with E-state index in [-0.39, 0.29) is 5.75 Å². The summed E-state index contributed by atoms with van der Waals surface area (Å²) in [6, 6.07) is 18.8. The first kappa shape index (κ1) is 24.4. The highest BCUT2D eigenvalue weighted by Crippen LogP contribution is 2.30. The van der Waals surface area contributed by atoms with Crippen molar-refractivity contribution in [3.63, 3.8) is 0 Å². The number of hydrogen-bond donors (Lipinski definition) is 1. The van der Waals surface area contributed by atoms with Gasteiger partial charge in [-0.25, -0.2) is 4.79 Å². The van der Waals surface area contributed by atoms with E-state index in [1.165, 1.54) is 17.5 Å². The molecule has 2 fully saturated rings. The molecule has 0 saturated carbocycles. The van der Waals surface area contributed by atoms with E-state index < -0.39 is 5.63 Å². The number of benzene rings is 2. The molecule has 2 aliphatic rings. The van der Waals surface area contributed by atoms with Crippen molar-refractivity contribution >= 4 is 5.69 Å². The van der Waals surface area contributed by atoms with Crippen LogP contribution in [0.5, 0.6) is 11.5 Å². The van der Waals surface area contributed by atoms with Crippen LogP contribution >= 0.6 is 0 Å². The average molecular weight is 490 g/mol. The third-order valence-electron chi connectivity index (χ3n) is 7.59. The Bertz CT molecular complexity index is 1180. The van der Waals surface area contributed by atoms with E-state index in [0.29, 0.717) is 30.1 Å². The van der Waals surface area contributed by atoms with Crippen molar-refractivity contribution in [2.75, 3.05) is 51.3 Å². The zero-order chi connectivity index (χ0) is 24.9. The fourth-order valence-electron chi connectivity index (χ4n) is 5.37. The molecule has 2 saturated heterocycles. The molecule has 0 unspecified atom stereocenters. The lowest BCUT2D eigenvalue weighted by Gasteiger charge is -2.36. The van der Waals surface area contributed by atoms with E-state index in [4.69, 9.17) is 9.15 Å². The first-order valence-corrected chi connectivity index (χ1v) is 12.8. The maximum atomic E-state index is 12.5. The highest BCUT2D eigenvalue weighted by atomic mass is 16.5. The summed E-state index contributed by atoms with van der Waals surface area (Å²) >= 11 is 0. The van der Waals surface area contributed by atoms with Gasteiger partial charge in [-0.1, -0.05) is 30.3 Å². The van der Waals surface area contributed by atoms with Crippen LogP contribution in [0.3, 0.4) is 0 Å². The van der Waals surface area contributed by atoms with Gasteiger partial charge in [0, 0.05) is 50.5 Å². The Morgan fingerprint density at radius 2 is 1.56 bits per heavy atom. The Balaban J connectivity index is 1.17. The van der Waals surface area contributed by atoms with Gasteiger partial charge in [-0.15, -0.1) is 0 Å². The molecule has 36 heavy (non-hydrogen) atoms. The maximum Gasteiger partial charge on any atom is 0.343 e. The van der Waals surface area contributed by atoms with Gasteiger partial charge < -0.3 is 19.2 Å². The Morgan fingerprint density at radius 1 is 0.889 bits per heavy atom. The van der Waals surface area contributed by atoms with E-state index in [1.807, 2.05) is 12.1 Å². The van der Waals surface area contributed by atoms with Crippen molar-refractivity contribution in [2.45, 2.75) is 31.8 Å². The predicted molar refractivity (Wildman–Crippen MR) is 141 cm³/mol. The molecule has 0 spiro atoms. The number of aromatic hydroxyl groups is 1. The van der Waals surface area contributed by atoms with Crippen LogP contribution in [0.4, 0.5) is 5.69 Å². The molecule has 190 valence electrons. The monoisotopic (exact) mass is 489 g/mol. The molecule has 3 aromatic rings. The SMILES string of the molecule is COc1ccc(N2CCN(Cc3coc(=O)c(CN4CCC(c5ccccc5)CC4)c3O)CC2)cc1. The number of ether oxygens (including phenoxy) is 1. The van der Waals surface area contributed by atoms with Crippen LogP contribution < -0.4 is 15.3 Å². The third kappa shape index (κ3) is 5.58. The van der Waals surface area contributed by atoms with Gasteiger partial charge in [-0.2, -0.15) is 0 Å². The Hall–Kier alpha value is -3.29. The van der Waals surface area contributed by atoms with Gasteiger partial charge >= 0.3 is 5.63 Å². The minimum atomic E-state index is -0.439. The second-order valence-electron chi connectivity index (χ2n) is 9.80. The number of methoxy groups -OCH3 is 1. The van der Waals surface area contributed by atoms with E-state index in [1.54, 1.807) is 7.11 Å². The topological polar surface area (TPSA) is 69.4 Å². The molecular formula is C29H35N3O4. The Morgan fingerprint density at radius 3 is 2.22 bits per heavy atom. The van der Waals surface area contributed by atoms with E-state index in [9.17, 15) is 9.90 Å². The number of likely N-dealkylation sites (tertiary alicyclic amines) is 1. The summed E-state index contributed by atoms with van der Waals surface area (Å²) in [7, 11) is 1.67. The molecule has 2 aliphatic heterocycles. The van der Waals surface area contributed by atoms with Crippen LogP contribution in [0.1, 0.15) is 35.4 Å². The smallest absolute Gasteiger partial charge is 0.343 e. The number of nitrogens with zero attached hydrogens (tertiary/aromatic N) is 3. The minimum Gasteiger partial charge on any atom is -0.507 e. The molecule has 5 rings (SSSR count). The second kappa shape index (κ2) is 11.2. The van der Waals surface area contributed by atoms with Gasteiger partial charge in [0.1, 0.15) is 17.8 Å². The number of hydrogen-bond acceptors (Lipinski definition) is 7. The van der Waals surface area contributed by atoms with E-state index in [2.05, 4.69) is 57.2 Å². The lowest BCUT2D eigenvalue weighted by molar-refractivity contribution is 0.198. The summed E-state index contributed by atoms with van der Waals surface area (Å²) in [5.41, 5.74) is 3.19. The standard InChI is InChI=1S/C29H35N3O4/c1-35-26-9-7-25(8-10-26)32-17-15-31(16-18-32)19-24-21-36-29(34)27(28(24)33)20-30-13-11-23(12-14-30)22-5-3-2-4-6-22/h2-10,21,23,33H,11-20H2,1H3. The molecule has 0 amide bonds. The molecule has 2 aromatic carbocycles. The molecule has 0 radical (unpaired) electrons. The predicted octanol–water partition coefficient (Wildman–Crippen LogP) is 4.06. The fraction of sp³-hybridized carbons (Fsp3) is 0.414. The fourth-order valence-corrected chi connectivity index (χ4v) is 5.37. The van der Waals surface area contributed by atoms with Crippen LogP contribution in [0.2, 0.25) is 0 Å². The minimum absolute atomic E-state index is 0.0917. The van der Waals surface area contributed by atoms with Crippen LogP contribution in [0.25, 0.3) is 0 Å². The largest absolute Gasteiger partial charge is 0.507 e. The van der Waals surface area contributed by atoms with Crippen LogP contribution in [-0.2, 0) is 13.1 Å². The van der Waals surface area contributed by atoms with Gasteiger partial charge in [-0.05, 0) is 61.7 Å². The van der Waals surface area contributed by atoms with Gasteiger partial charge in [0.25, 0.3) is 0 Å². The van der Waals surface area contributed by atoms with E-state index in [0.717, 1.165) is 57.9 Å². The molecule has 7 heteroatoms. The molecular weight excluding hydrogens is 454 g/mol. The zero-order valence-electron chi connectivity index (χ0n) is 20.9. The molecule has 0 aliphatic carbocycles. The summed E-state index contributed by atoms with van der Waals surface area (Å²) in [5, 5.41) is 11.0. The summed E-state index contributed by atoms with van der Waals surface area (Å²) in [4.78, 5) is 19.4. The van der Waals surface area contributed by atoms with Gasteiger partial charge in [0.05, 0.1) is 12.7 Å². The lowest BCUT2D eigenvalue weighted by atomic mass is 9.89. The van der Waals surface area contributed by atoms with Gasteiger partial charge in [0.2, 0.25) is 0 Å². The second-order valence-corrected chi connectivity index (χ2v) is 9.80. The molecule has 1 N–H and O–H groups in total. The molecule has 0 atom stereocenters. The van der Waals surface area contributed by atoms with Crippen LogP contribution in [0.15, 0.2) is 70.1 Å². The molecule has 1 aromatic heterocycles. The first-order valence-electron chi connectivity index (χ1n) is 12.8. The Labute approximate surface area is 212 Å². The molecule has 3 heterocycles. The molecule has 7 nitrogen and oxygen atoms in total. The van der Waals surface area contributed by atoms with Gasteiger partial charge in [-0.3, -0.25) is 9.80 Å². The summed E-state index contributed by atoms with van der Waals surface area (Å²) in [6.07, 6.45) is 3.53. The number of piperidine rings is 1. The van der Waals surface area contributed by atoms with Crippen LogP contribution in [0, 0.1) is 0 Å².